The molecule has 0 fully saturated rings. The summed E-state index contributed by atoms with van der Waals surface area (Å²) in [5.41, 5.74) is -5.30. The third-order valence-electron chi connectivity index (χ3n) is 3.55. The van der Waals surface area contributed by atoms with E-state index in [9.17, 15) is 48.3 Å². The minimum absolute atomic E-state index is 0.505. The van der Waals surface area contributed by atoms with Crippen molar-refractivity contribution in [2.24, 2.45) is 10.8 Å². The average Bonchev–Trinajstić information content (AvgIpc) is 2.31. The summed E-state index contributed by atoms with van der Waals surface area (Å²) in [4.78, 5) is 0. The van der Waals surface area contributed by atoms with Gasteiger partial charge in [0.15, 0.2) is 0 Å². The standard InChI is InChI=1S/C14H18F12O2/c1-7(2,3)9(15,16)11(19,8(4,5)6)27-12(20,21)10(17,18)13(22,23)28-14(24,25)26/h1-6H3. The number of hydrogen-bond donors (Lipinski definition) is 0. The van der Waals surface area contributed by atoms with Gasteiger partial charge in [0.25, 0.3) is 5.85 Å². The van der Waals surface area contributed by atoms with Crippen molar-refractivity contribution in [2.45, 2.75) is 77.8 Å². The van der Waals surface area contributed by atoms with Crippen LogP contribution < -0.4 is 0 Å². The Labute approximate surface area is 152 Å². The van der Waals surface area contributed by atoms with E-state index < -0.39 is 47.1 Å². The molecular weight excluding hydrogens is 428 g/mol. The van der Waals surface area contributed by atoms with E-state index in [0.29, 0.717) is 41.5 Å². The minimum atomic E-state index is -7.19. The topological polar surface area (TPSA) is 18.5 Å². The zero-order chi connectivity index (χ0) is 23.4. The van der Waals surface area contributed by atoms with Crippen LogP contribution in [0.5, 0.6) is 0 Å². The second-order valence-electron chi connectivity index (χ2n) is 7.93. The molecule has 1 atom stereocenters. The normalized spacial score (nSPS) is 18.2. The lowest BCUT2D eigenvalue weighted by atomic mass is 9.73. The van der Waals surface area contributed by atoms with Crippen molar-refractivity contribution in [1.29, 1.82) is 0 Å². The van der Waals surface area contributed by atoms with Crippen LogP contribution in [0.15, 0.2) is 0 Å². The first-order chi connectivity index (χ1) is 11.7. The first kappa shape index (κ1) is 27.1. The third-order valence-corrected chi connectivity index (χ3v) is 3.55. The van der Waals surface area contributed by atoms with E-state index in [1.54, 1.807) is 4.74 Å². The van der Waals surface area contributed by atoms with Gasteiger partial charge in [0.1, 0.15) is 0 Å². The summed E-state index contributed by atoms with van der Waals surface area (Å²) in [6.07, 6.45) is -20.3. The maximum Gasteiger partial charge on any atom is 0.527 e. The molecule has 0 aliphatic heterocycles. The molecular formula is C14H18F12O2. The molecule has 0 radical (unpaired) electrons. The molecule has 0 heterocycles. The number of ether oxygens (including phenoxy) is 2. The Hall–Kier alpha value is -0.920. The van der Waals surface area contributed by atoms with Crippen LogP contribution in [0.4, 0.5) is 52.7 Å². The molecule has 0 aromatic rings. The van der Waals surface area contributed by atoms with Crippen LogP contribution >= 0.6 is 0 Å². The molecule has 0 aromatic heterocycles. The lowest BCUT2D eigenvalue weighted by Gasteiger charge is -2.49. The molecule has 0 aliphatic carbocycles. The number of halogens is 12. The largest absolute Gasteiger partial charge is 0.527 e. The Morgan fingerprint density at radius 2 is 0.750 bits per heavy atom. The fraction of sp³-hybridized carbons (Fsp3) is 1.00. The Morgan fingerprint density at radius 3 is 1.00 bits per heavy atom. The van der Waals surface area contributed by atoms with Gasteiger partial charge in [0.05, 0.1) is 0 Å². The summed E-state index contributed by atoms with van der Waals surface area (Å²) in [6, 6.07) is 0. The van der Waals surface area contributed by atoms with Crippen molar-refractivity contribution in [2.75, 3.05) is 0 Å². The molecule has 0 rings (SSSR count). The Bertz CT molecular complexity index is 556. The summed E-state index contributed by atoms with van der Waals surface area (Å²) in [7, 11) is 0. The van der Waals surface area contributed by atoms with Gasteiger partial charge in [-0.25, -0.2) is 9.13 Å². The summed E-state index contributed by atoms with van der Waals surface area (Å²) >= 11 is 0. The van der Waals surface area contributed by atoms with E-state index in [2.05, 4.69) is 4.74 Å². The Kier molecular flexibility index (Phi) is 6.59. The molecule has 0 N–H and O–H groups in total. The summed E-state index contributed by atoms with van der Waals surface area (Å²) < 4.78 is 165. The van der Waals surface area contributed by atoms with Gasteiger partial charge in [-0.3, -0.25) is 4.74 Å². The van der Waals surface area contributed by atoms with Crippen molar-refractivity contribution in [3.8, 4) is 0 Å². The van der Waals surface area contributed by atoms with Crippen molar-refractivity contribution in [3.63, 3.8) is 0 Å². The quantitative estimate of drug-likeness (QED) is 0.420. The van der Waals surface area contributed by atoms with E-state index in [0.717, 1.165) is 0 Å². The molecule has 0 amide bonds. The van der Waals surface area contributed by atoms with Crippen LogP contribution in [-0.4, -0.2) is 36.3 Å². The Balaban J connectivity index is 6.41. The van der Waals surface area contributed by atoms with Crippen LogP contribution in [0, 0.1) is 10.8 Å². The van der Waals surface area contributed by atoms with Crippen LogP contribution in [0.2, 0.25) is 0 Å². The summed E-state index contributed by atoms with van der Waals surface area (Å²) in [5.74, 6) is -17.2. The number of rotatable bonds is 6. The summed E-state index contributed by atoms with van der Waals surface area (Å²) in [5, 5.41) is 0. The maximum absolute atomic E-state index is 15.0. The van der Waals surface area contributed by atoms with Crippen molar-refractivity contribution in [1.82, 2.24) is 0 Å². The van der Waals surface area contributed by atoms with Gasteiger partial charge in [-0.15, -0.1) is 13.2 Å². The zero-order valence-electron chi connectivity index (χ0n) is 15.4. The van der Waals surface area contributed by atoms with Crippen LogP contribution in [0.3, 0.4) is 0 Å². The van der Waals surface area contributed by atoms with Gasteiger partial charge in [-0.05, 0) is 0 Å². The number of alkyl halides is 12. The fourth-order valence-corrected chi connectivity index (χ4v) is 1.79. The molecule has 0 bridgehead atoms. The second kappa shape index (κ2) is 6.81. The van der Waals surface area contributed by atoms with Crippen molar-refractivity contribution < 1.29 is 62.2 Å². The highest BCUT2D eigenvalue weighted by Gasteiger charge is 2.81. The van der Waals surface area contributed by atoms with Crippen molar-refractivity contribution in [3.05, 3.63) is 0 Å². The lowest BCUT2D eigenvalue weighted by molar-refractivity contribution is -0.531. The van der Waals surface area contributed by atoms with E-state index >= 15 is 4.39 Å². The van der Waals surface area contributed by atoms with Gasteiger partial charge in [0, 0.05) is 10.8 Å². The predicted octanol–water partition coefficient (Wildman–Crippen LogP) is 6.75. The number of hydrogen-bond acceptors (Lipinski definition) is 2. The highest BCUT2D eigenvalue weighted by atomic mass is 19.4. The van der Waals surface area contributed by atoms with Gasteiger partial charge >= 0.3 is 30.4 Å². The predicted molar refractivity (Wildman–Crippen MR) is 70.8 cm³/mol. The highest BCUT2D eigenvalue weighted by molar-refractivity contribution is 5.03. The molecule has 2 nitrogen and oxygen atoms in total. The second-order valence-corrected chi connectivity index (χ2v) is 7.93. The van der Waals surface area contributed by atoms with Crippen LogP contribution in [0.25, 0.3) is 0 Å². The maximum atomic E-state index is 15.0. The monoisotopic (exact) mass is 446 g/mol. The van der Waals surface area contributed by atoms with E-state index in [4.69, 9.17) is 0 Å². The first-order valence-electron chi connectivity index (χ1n) is 7.33. The van der Waals surface area contributed by atoms with E-state index in [1.165, 1.54) is 0 Å². The molecule has 0 saturated heterocycles. The third kappa shape index (κ3) is 4.62. The lowest BCUT2D eigenvalue weighted by Crippen LogP contribution is -2.67. The SMILES string of the molecule is CC(C)(C)C(F)(F)C(F)(OC(F)(F)C(F)(F)C(F)(F)OC(F)(F)F)C(C)(C)C. The van der Waals surface area contributed by atoms with Crippen LogP contribution in [-0.2, 0) is 9.47 Å². The first-order valence-corrected chi connectivity index (χ1v) is 7.33. The molecule has 170 valence electrons. The van der Waals surface area contributed by atoms with Gasteiger partial charge in [-0.2, -0.15) is 35.1 Å². The summed E-state index contributed by atoms with van der Waals surface area (Å²) in [6.45, 7) is 3.33. The van der Waals surface area contributed by atoms with E-state index in [1.807, 2.05) is 0 Å². The van der Waals surface area contributed by atoms with E-state index in [-0.39, 0.29) is 0 Å². The molecule has 0 aliphatic rings. The fourth-order valence-electron chi connectivity index (χ4n) is 1.79. The molecule has 0 aromatic carbocycles. The molecule has 1 unspecified atom stereocenters. The average molecular weight is 446 g/mol. The van der Waals surface area contributed by atoms with Crippen molar-refractivity contribution >= 4 is 0 Å². The highest BCUT2D eigenvalue weighted by Crippen LogP contribution is 2.59. The smallest absolute Gasteiger partial charge is 0.271 e. The van der Waals surface area contributed by atoms with Gasteiger partial charge in [0.2, 0.25) is 0 Å². The Morgan fingerprint density at radius 1 is 0.429 bits per heavy atom. The molecule has 14 heteroatoms. The van der Waals surface area contributed by atoms with Gasteiger partial charge in [-0.1, -0.05) is 41.5 Å². The molecule has 28 heavy (non-hydrogen) atoms. The molecule has 0 spiro atoms. The minimum Gasteiger partial charge on any atom is -0.271 e. The molecule has 0 saturated carbocycles. The zero-order valence-corrected chi connectivity index (χ0v) is 15.4. The van der Waals surface area contributed by atoms with Gasteiger partial charge < -0.3 is 0 Å². The van der Waals surface area contributed by atoms with Crippen LogP contribution in [0.1, 0.15) is 41.5 Å².